The highest BCUT2D eigenvalue weighted by Crippen LogP contribution is 2.34. The number of rotatable bonds is 6. The van der Waals surface area contributed by atoms with Crippen LogP contribution in [-0.4, -0.2) is 39.6 Å². The van der Waals surface area contributed by atoms with Crippen molar-refractivity contribution >= 4 is 16.9 Å². The summed E-state index contributed by atoms with van der Waals surface area (Å²) in [6, 6.07) is 15.6. The Labute approximate surface area is 176 Å². The first-order valence-corrected chi connectivity index (χ1v) is 10.3. The van der Waals surface area contributed by atoms with Gasteiger partial charge in [0.2, 0.25) is 0 Å². The van der Waals surface area contributed by atoms with Crippen LogP contribution in [0.1, 0.15) is 30.0 Å². The van der Waals surface area contributed by atoms with E-state index in [0.717, 1.165) is 13.0 Å². The molecule has 1 aliphatic carbocycles. The number of benzene rings is 2. The third-order valence-electron chi connectivity index (χ3n) is 5.38. The minimum atomic E-state index is 0.932. The lowest BCUT2D eigenvalue weighted by molar-refractivity contribution is 0.526. The maximum atomic E-state index is 3.45. The zero-order valence-corrected chi connectivity index (χ0v) is 18.6. The van der Waals surface area contributed by atoms with E-state index in [1.165, 1.54) is 44.9 Å². The van der Waals surface area contributed by atoms with Gasteiger partial charge in [-0.25, -0.2) is 0 Å². The minimum absolute atomic E-state index is 0.932. The second-order valence-electron chi connectivity index (χ2n) is 7.96. The first-order chi connectivity index (χ1) is 13.9. The van der Waals surface area contributed by atoms with Crippen molar-refractivity contribution in [3.05, 3.63) is 88.7 Å². The van der Waals surface area contributed by atoms with Crippen LogP contribution in [0.3, 0.4) is 0 Å². The van der Waals surface area contributed by atoms with Crippen LogP contribution in [0, 0.1) is 6.92 Å². The molecule has 0 aliphatic heterocycles. The monoisotopic (exact) mass is 387 g/mol. The predicted molar refractivity (Wildman–Crippen MR) is 128 cm³/mol. The zero-order chi connectivity index (χ0) is 21.0. The Morgan fingerprint density at radius 2 is 1.59 bits per heavy atom. The molecule has 0 saturated carbocycles. The summed E-state index contributed by atoms with van der Waals surface area (Å²) in [5, 5.41) is 3.45. The summed E-state index contributed by atoms with van der Waals surface area (Å²) in [4.78, 5) is 4.30. The van der Waals surface area contributed by atoms with E-state index >= 15 is 0 Å². The molecule has 0 bridgehead atoms. The number of allylic oxidation sites excluding steroid dienone is 4. The van der Waals surface area contributed by atoms with Gasteiger partial charge in [-0.05, 0) is 78.4 Å². The molecule has 3 nitrogen and oxygen atoms in total. The highest BCUT2D eigenvalue weighted by molar-refractivity contribution is 5.85. The Bertz CT molecular complexity index is 944. The molecule has 0 amide bonds. The van der Waals surface area contributed by atoms with Crippen molar-refractivity contribution in [2.45, 2.75) is 20.3 Å². The second kappa shape index (κ2) is 9.04. The molecular weight excluding hydrogens is 354 g/mol. The molecule has 2 aromatic carbocycles. The van der Waals surface area contributed by atoms with Gasteiger partial charge in [0, 0.05) is 51.8 Å². The van der Waals surface area contributed by atoms with Gasteiger partial charge >= 0.3 is 0 Å². The Morgan fingerprint density at radius 1 is 0.897 bits per heavy atom. The van der Waals surface area contributed by atoms with Gasteiger partial charge in [-0.3, -0.25) is 0 Å². The molecule has 3 rings (SSSR count). The fourth-order valence-electron chi connectivity index (χ4n) is 3.73. The summed E-state index contributed by atoms with van der Waals surface area (Å²) < 4.78 is 0. The maximum Gasteiger partial charge on any atom is 0.0370 e. The molecule has 0 spiro atoms. The standard InChI is InChI=1S/C26H33N3/c1-7-27-25-17-12-22(18-19(25)2)26(20-8-13-23(14-9-20)28(3)4)21-10-15-24(16-11-21)29(5)6/h8-10,12-18,27H,7,11H2,1-6H3. The van der Waals surface area contributed by atoms with Crippen LogP contribution in [0.2, 0.25) is 0 Å². The van der Waals surface area contributed by atoms with E-state index in [-0.39, 0.29) is 0 Å². The molecule has 2 aromatic rings. The van der Waals surface area contributed by atoms with Crippen LogP contribution in [0.4, 0.5) is 11.4 Å². The first kappa shape index (κ1) is 20.8. The maximum absolute atomic E-state index is 3.45. The minimum Gasteiger partial charge on any atom is -0.385 e. The molecule has 29 heavy (non-hydrogen) atoms. The second-order valence-corrected chi connectivity index (χ2v) is 7.96. The largest absolute Gasteiger partial charge is 0.385 e. The molecule has 0 atom stereocenters. The van der Waals surface area contributed by atoms with Crippen molar-refractivity contribution in [1.82, 2.24) is 4.90 Å². The van der Waals surface area contributed by atoms with Gasteiger partial charge in [0.25, 0.3) is 0 Å². The fourth-order valence-corrected chi connectivity index (χ4v) is 3.73. The average molecular weight is 388 g/mol. The molecule has 0 fully saturated rings. The van der Waals surface area contributed by atoms with Crippen LogP contribution in [0.25, 0.3) is 5.57 Å². The molecule has 3 heteroatoms. The molecule has 0 saturated heterocycles. The number of aryl methyl sites for hydroxylation is 1. The molecule has 0 aromatic heterocycles. The highest BCUT2D eigenvalue weighted by atomic mass is 15.1. The number of hydrogen-bond acceptors (Lipinski definition) is 3. The lowest BCUT2D eigenvalue weighted by Crippen LogP contribution is -2.11. The van der Waals surface area contributed by atoms with Gasteiger partial charge in [-0.1, -0.05) is 30.4 Å². The summed E-state index contributed by atoms with van der Waals surface area (Å²) in [7, 11) is 8.34. The van der Waals surface area contributed by atoms with E-state index in [1.54, 1.807) is 0 Å². The summed E-state index contributed by atoms with van der Waals surface area (Å²) in [5.74, 6) is 0. The van der Waals surface area contributed by atoms with Crippen LogP contribution in [0.5, 0.6) is 0 Å². The number of anilines is 2. The van der Waals surface area contributed by atoms with Crippen LogP contribution >= 0.6 is 0 Å². The number of nitrogens with zero attached hydrogens (tertiary/aromatic N) is 2. The average Bonchev–Trinajstić information content (AvgIpc) is 2.71. The van der Waals surface area contributed by atoms with Crippen molar-refractivity contribution in [1.29, 1.82) is 0 Å². The van der Waals surface area contributed by atoms with Crippen molar-refractivity contribution in [2.24, 2.45) is 0 Å². The fraction of sp³-hybridized carbons (Fsp3) is 0.308. The quantitative estimate of drug-likeness (QED) is 0.686. The van der Waals surface area contributed by atoms with Gasteiger partial charge in [0.1, 0.15) is 0 Å². The lowest BCUT2D eigenvalue weighted by atomic mass is 9.88. The van der Waals surface area contributed by atoms with Crippen molar-refractivity contribution in [3.8, 4) is 0 Å². The Morgan fingerprint density at radius 3 is 2.10 bits per heavy atom. The summed E-state index contributed by atoms with van der Waals surface area (Å²) >= 11 is 0. The summed E-state index contributed by atoms with van der Waals surface area (Å²) in [6.45, 7) is 5.25. The SMILES string of the molecule is CCNc1ccc(C(=C2C=CC(N(C)C)=CC2)c2ccc(N(C)C)cc2)cc1C. The number of nitrogens with one attached hydrogen (secondary N) is 1. The van der Waals surface area contributed by atoms with Gasteiger partial charge in [0.05, 0.1) is 0 Å². The molecule has 0 radical (unpaired) electrons. The molecule has 0 heterocycles. The van der Waals surface area contributed by atoms with E-state index in [4.69, 9.17) is 0 Å². The summed E-state index contributed by atoms with van der Waals surface area (Å²) in [6.07, 6.45) is 7.73. The molecular formula is C26H33N3. The first-order valence-electron chi connectivity index (χ1n) is 10.3. The highest BCUT2D eigenvalue weighted by Gasteiger charge is 2.14. The Hall–Kier alpha value is -2.94. The zero-order valence-electron chi connectivity index (χ0n) is 18.6. The third kappa shape index (κ3) is 4.73. The van der Waals surface area contributed by atoms with Crippen molar-refractivity contribution in [3.63, 3.8) is 0 Å². The molecule has 1 N–H and O–H groups in total. The van der Waals surface area contributed by atoms with Gasteiger partial charge in [0.15, 0.2) is 0 Å². The number of likely N-dealkylation sites (N-methyl/N-ethyl adjacent to an activating group) is 1. The Kier molecular flexibility index (Phi) is 6.48. The summed E-state index contributed by atoms with van der Waals surface area (Å²) in [5.41, 5.74) is 10.1. The van der Waals surface area contributed by atoms with Gasteiger partial charge < -0.3 is 15.1 Å². The van der Waals surface area contributed by atoms with Gasteiger partial charge in [-0.2, -0.15) is 0 Å². The normalized spacial score (nSPS) is 15.0. The lowest BCUT2D eigenvalue weighted by Gasteiger charge is -2.21. The molecule has 1 aliphatic rings. The van der Waals surface area contributed by atoms with E-state index in [2.05, 4.69) is 118 Å². The van der Waals surface area contributed by atoms with E-state index in [9.17, 15) is 0 Å². The van der Waals surface area contributed by atoms with Crippen molar-refractivity contribution < 1.29 is 0 Å². The molecule has 152 valence electrons. The van der Waals surface area contributed by atoms with E-state index in [1.807, 2.05) is 0 Å². The van der Waals surface area contributed by atoms with E-state index in [0.29, 0.717) is 0 Å². The van der Waals surface area contributed by atoms with E-state index < -0.39 is 0 Å². The molecule has 0 unspecified atom stereocenters. The van der Waals surface area contributed by atoms with Crippen molar-refractivity contribution in [2.75, 3.05) is 45.0 Å². The van der Waals surface area contributed by atoms with Crippen LogP contribution in [0.15, 0.2) is 72.0 Å². The smallest absolute Gasteiger partial charge is 0.0370 e. The topological polar surface area (TPSA) is 18.5 Å². The number of hydrogen-bond donors (Lipinski definition) is 1. The van der Waals surface area contributed by atoms with Gasteiger partial charge in [-0.15, -0.1) is 0 Å². The van der Waals surface area contributed by atoms with Crippen LogP contribution < -0.4 is 10.2 Å². The Balaban J connectivity index is 2.09. The third-order valence-corrected chi connectivity index (χ3v) is 5.38. The predicted octanol–water partition coefficient (Wildman–Crippen LogP) is 5.70. The van der Waals surface area contributed by atoms with Crippen LogP contribution in [-0.2, 0) is 0 Å².